The number of fused-ring (bicyclic) bond motifs is 1. The van der Waals surface area contributed by atoms with Crippen LogP contribution in [0.15, 0.2) is 30.3 Å². The fourth-order valence-electron chi connectivity index (χ4n) is 4.14. The summed E-state index contributed by atoms with van der Waals surface area (Å²) < 4.78 is 0. The molecule has 1 aromatic carbocycles. The molecule has 2 aliphatic rings. The second-order valence-electron chi connectivity index (χ2n) is 7.45. The summed E-state index contributed by atoms with van der Waals surface area (Å²) in [6.07, 6.45) is 3.09. The second kappa shape index (κ2) is 6.82. The fourth-order valence-corrected chi connectivity index (χ4v) is 4.14. The van der Waals surface area contributed by atoms with Crippen LogP contribution < -0.4 is 5.32 Å². The Morgan fingerprint density at radius 1 is 1.23 bits per heavy atom. The minimum Gasteiger partial charge on any atom is -0.353 e. The number of hydrogen-bond acceptors (Lipinski definition) is 2. The number of rotatable bonds is 5. The standard InChI is InChI=1S/C19H28N2O/c1-14(2)10-19(22)20-18-9-8-16-12-21(13-17(16)18)11-15-6-4-3-5-7-15/h3-7,14,16-18H,8-13H2,1-2H3,(H,20,22)/t16-,17?,18?/m0/s1. The number of nitrogens with zero attached hydrogens (tertiary/aromatic N) is 1. The lowest BCUT2D eigenvalue weighted by molar-refractivity contribution is -0.122. The Kier molecular flexibility index (Phi) is 4.82. The van der Waals surface area contributed by atoms with Gasteiger partial charge in [-0.3, -0.25) is 9.69 Å². The van der Waals surface area contributed by atoms with E-state index in [2.05, 4.69) is 54.4 Å². The Bertz CT molecular complexity index is 499. The van der Waals surface area contributed by atoms with Gasteiger partial charge in [-0.1, -0.05) is 44.2 Å². The van der Waals surface area contributed by atoms with Gasteiger partial charge in [0.2, 0.25) is 5.91 Å². The summed E-state index contributed by atoms with van der Waals surface area (Å²) in [4.78, 5) is 14.6. The molecule has 3 heteroatoms. The van der Waals surface area contributed by atoms with Gasteiger partial charge in [0, 0.05) is 32.1 Å². The number of amides is 1. The third-order valence-electron chi connectivity index (χ3n) is 5.12. The topological polar surface area (TPSA) is 32.3 Å². The van der Waals surface area contributed by atoms with Gasteiger partial charge in [0.25, 0.3) is 0 Å². The predicted molar refractivity (Wildman–Crippen MR) is 89.3 cm³/mol. The van der Waals surface area contributed by atoms with Gasteiger partial charge in [0.1, 0.15) is 0 Å². The van der Waals surface area contributed by atoms with Gasteiger partial charge in [0.05, 0.1) is 0 Å². The van der Waals surface area contributed by atoms with Crippen LogP contribution in [0.5, 0.6) is 0 Å². The molecule has 1 saturated carbocycles. The van der Waals surface area contributed by atoms with Gasteiger partial charge in [-0.25, -0.2) is 0 Å². The number of carbonyl (C=O) groups is 1. The van der Waals surface area contributed by atoms with Crippen molar-refractivity contribution in [2.24, 2.45) is 17.8 Å². The molecule has 1 amide bonds. The zero-order valence-corrected chi connectivity index (χ0v) is 13.8. The van der Waals surface area contributed by atoms with E-state index in [0.29, 0.717) is 24.3 Å². The van der Waals surface area contributed by atoms with E-state index in [9.17, 15) is 4.79 Å². The lowest BCUT2D eigenvalue weighted by Crippen LogP contribution is -2.40. The van der Waals surface area contributed by atoms with Crippen molar-refractivity contribution in [1.29, 1.82) is 0 Å². The van der Waals surface area contributed by atoms with Gasteiger partial charge >= 0.3 is 0 Å². The van der Waals surface area contributed by atoms with E-state index in [1.807, 2.05) is 0 Å². The predicted octanol–water partition coefficient (Wildman–Crippen LogP) is 3.06. The van der Waals surface area contributed by atoms with Crippen LogP contribution in [0.2, 0.25) is 0 Å². The number of hydrogen-bond donors (Lipinski definition) is 1. The molecular weight excluding hydrogens is 272 g/mol. The number of likely N-dealkylation sites (tertiary alicyclic amines) is 1. The number of carbonyl (C=O) groups excluding carboxylic acids is 1. The first-order chi connectivity index (χ1) is 10.6. The Morgan fingerprint density at radius 2 is 2.00 bits per heavy atom. The molecule has 1 aliphatic heterocycles. The van der Waals surface area contributed by atoms with E-state index in [-0.39, 0.29) is 5.91 Å². The van der Waals surface area contributed by atoms with Crippen molar-refractivity contribution in [2.45, 2.75) is 45.7 Å². The zero-order valence-electron chi connectivity index (χ0n) is 13.8. The molecule has 120 valence electrons. The van der Waals surface area contributed by atoms with Gasteiger partial charge < -0.3 is 5.32 Å². The van der Waals surface area contributed by atoms with E-state index in [0.717, 1.165) is 19.0 Å². The van der Waals surface area contributed by atoms with Crippen LogP contribution in [0.1, 0.15) is 38.7 Å². The Hall–Kier alpha value is -1.35. The molecule has 0 radical (unpaired) electrons. The van der Waals surface area contributed by atoms with Crippen LogP contribution in [0.3, 0.4) is 0 Å². The smallest absolute Gasteiger partial charge is 0.220 e. The zero-order chi connectivity index (χ0) is 15.5. The Labute approximate surface area is 134 Å². The second-order valence-corrected chi connectivity index (χ2v) is 7.45. The highest BCUT2D eigenvalue weighted by Gasteiger charge is 2.42. The first-order valence-electron chi connectivity index (χ1n) is 8.67. The molecular formula is C19H28N2O. The van der Waals surface area contributed by atoms with E-state index in [4.69, 9.17) is 0 Å². The van der Waals surface area contributed by atoms with Gasteiger partial charge in [0.15, 0.2) is 0 Å². The first-order valence-corrected chi connectivity index (χ1v) is 8.67. The molecule has 3 nitrogen and oxygen atoms in total. The van der Waals surface area contributed by atoms with Gasteiger partial charge in [-0.05, 0) is 36.2 Å². The lowest BCUT2D eigenvalue weighted by Gasteiger charge is -2.22. The average molecular weight is 300 g/mol. The normalized spacial score (nSPS) is 28.0. The number of nitrogens with one attached hydrogen (secondary N) is 1. The SMILES string of the molecule is CC(C)CC(=O)NC1CC[C@H]2CN(Cc3ccccc3)CC12. The monoisotopic (exact) mass is 300 g/mol. The van der Waals surface area contributed by atoms with Crippen molar-refractivity contribution in [2.75, 3.05) is 13.1 Å². The van der Waals surface area contributed by atoms with E-state index >= 15 is 0 Å². The summed E-state index contributed by atoms with van der Waals surface area (Å²) in [5.41, 5.74) is 1.39. The minimum atomic E-state index is 0.238. The van der Waals surface area contributed by atoms with Crippen molar-refractivity contribution in [3.05, 3.63) is 35.9 Å². The Morgan fingerprint density at radius 3 is 2.73 bits per heavy atom. The van der Waals surface area contributed by atoms with E-state index < -0.39 is 0 Å². The summed E-state index contributed by atoms with van der Waals surface area (Å²) in [5, 5.41) is 3.30. The van der Waals surface area contributed by atoms with Gasteiger partial charge in [-0.2, -0.15) is 0 Å². The highest BCUT2D eigenvalue weighted by atomic mass is 16.1. The molecule has 1 saturated heterocycles. The molecule has 2 unspecified atom stereocenters. The molecule has 3 rings (SSSR count). The fraction of sp³-hybridized carbons (Fsp3) is 0.632. The van der Waals surface area contributed by atoms with Crippen molar-refractivity contribution in [1.82, 2.24) is 10.2 Å². The van der Waals surface area contributed by atoms with E-state index in [1.165, 1.54) is 24.9 Å². The lowest BCUT2D eigenvalue weighted by atomic mass is 9.97. The van der Waals surface area contributed by atoms with Crippen LogP contribution in [-0.4, -0.2) is 29.9 Å². The third kappa shape index (κ3) is 3.70. The van der Waals surface area contributed by atoms with Crippen LogP contribution in [-0.2, 0) is 11.3 Å². The Balaban J connectivity index is 1.53. The maximum atomic E-state index is 12.0. The molecule has 1 aliphatic carbocycles. The summed E-state index contributed by atoms with van der Waals surface area (Å²) in [7, 11) is 0. The molecule has 3 atom stereocenters. The van der Waals surface area contributed by atoms with Crippen LogP contribution in [0, 0.1) is 17.8 Å². The maximum Gasteiger partial charge on any atom is 0.220 e. The van der Waals surface area contributed by atoms with E-state index in [1.54, 1.807) is 0 Å². The maximum absolute atomic E-state index is 12.0. The first kappa shape index (κ1) is 15.5. The molecule has 0 aromatic heterocycles. The van der Waals surface area contributed by atoms with Crippen molar-refractivity contribution >= 4 is 5.91 Å². The molecule has 0 bridgehead atoms. The summed E-state index contributed by atoms with van der Waals surface area (Å²) in [6.45, 7) is 7.57. The number of benzene rings is 1. The quantitative estimate of drug-likeness (QED) is 0.906. The van der Waals surface area contributed by atoms with Crippen molar-refractivity contribution in [3.63, 3.8) is 0 Å². The average Bonchev–Trinajstić information content (AvgIpc) is 3.01. The molecule has 1 heterocycles. The molecule has 2 fully saturated rings. The summed E-state index contributed by atoms with van der Waals surface area (Å²) in [5.74, 6) is 2.10. The largest absolute Gasteiger partial charge is 0.353 e. The van der Waals surface area contributed by atoms with Crippen LogP contribution >= 0.6 is 0 Å². The molecule has 1 N–H and O–H groups in total. The molecule has 1 aromatic rings. The third-order valence-corrected chi connectivity index (χ3v) is 5.12. The van der Waals surface area contributed by atoms with Crippen LogP contribution in [0.4, 0.5) is 0 Å². The molecule has 22 heavy (non-hydrogen) atoms. The van der Waals surface area contributed by atoms with Crippen LogP contribution in [0.25, 0.3) is 0 Å². The minimum absolute atomic E-state index is 0.238. The highest BCUT2D eigenvalue weighted by Crippen LogP contribution is 2.38. The van der Waals surface area contributed by atoms with Crippen molar-refractivity contribution in [3.8, 4) is 0 Å². The highest BCUT2D eigenvalue weighted by molar-refractivity contribution is 5.76. The molecule has 0 spiro atoms. The van der Waals surface area contributed by atoms with Gasteiger partial charge in [-0.15, -0.1) is 0 Å². The summed E-state index contributed by atoms with van der Waals surface area (Å²) >= 11 is 0. The summed E-state index contributed by atoms with van der Waals surface area (Å²) in [6, 6.07) is 11.1. The van der Waals surface area contributed by atoms with Crippen molar-refractivity contribution < 1.29 is 4.79 Å².